The van der Waals surface area contributed by atoms with Crippen molar-refractivity contribution in [3.63, 3.8) is 0 Å². The van der Waals surface area contributed by atoms with E-state index in [0.717, 1.165) is 37.1 Å². The van der Waals surface area contributed by atoms with Crippen molar-refractivity contribution in [3.8, 4) is 5.75 Å². The summed E-state index contributed by atoms with van der Waals surface area (Å²) in [4.78, 5) is 28.5. The van der Waals surface area contributed by atoms with Crippen LogP contribution in [0.2, 0.25) is 0 Å². The predicted molar refractivity (Wildman–Crippen MR) is 118 cm³/mol. The standard InChI is InChI=1S/C24H27N3O3/c1-14-5-3-7-18-22(14)26-24(29)27(23(18)28)12-11-19-21-15(13-25-19)9-10-16-17(21)6-4-8-20(16)30-2/h3-8,15,19,21,25H,9-13H2,1-2H3,(H,26,29). The van der Waals surface area contributed by atoms with E-state index in [1.807, 2.05) is 25.1 Å². The van der Waals surface area contributed by atoms with Crippen molar-refractivity contribution in [2.75, 3.05) is 13.7 Å². The zero-order chi connectivity index (χ0) is 20.8. The fraction of sp³-hybridized carbons (Fsp3) is 0.417. The van der Waals surface area contributed by atoms with Gasteiger partial charge in [-0.2, -0.15) is 0 Å². The number of benzene rings is 2. The van der Waals surface area contributed by atoms with Crippen LogP contribution in [0.1, 0.15) is 35.4 Å². The van der Waals surface area contributed by atoms with Crippen LogP contribution in [0.5, 0.6) is 5.75 Å². The summed E-state index contributed by atoms with van der Waals surface area (Å²) in [5.74, 6) is 1.94. The third kappa shape index (κ3) is 2.98. The quantitative estimate of drug-likeness (QED) is 0.700. The van der Waals surface area contributed by atoms with Crippen molar-refractivity contribution in [3.05, 3.63) is 73.9 Å². The molecule has 1 aromatic heterocycles. The summed E-state index contributed by atoms with van der Waals surface area (Å²) < 4.78 is 6.95. The van der Waals surface area contributed by atoms with Gasteiger partial charge in [0, 0.05) is 18.5 Å². The van der Waals surface area contributed by atoms with Crippen LogP contribution in [0.25, 0.3) is 10.9 Å². The molecule has 0 bridgehead atoms. The van der Waals surface area contributed by atoms with Gasteiger partial charge < -0.3 is 15.0 Å². The lowest BCUT2D eigenvalue weighted by Crippen LogP contribution is -2.38. The SMILES string of the molecule is COc1cccc2c1CCC1CNC(CCn3c(=O)[nH]c4c(C)cccc4c3=O)C21. The predicted octanol–water partition coefficient (Wildman–Crippen LogP) is 2.71. The second-order valence-corrected chi connectivity index (χ2v) is 8.54. The van der Waals surface area contributed by atoms with Gasteiger partial charge in [0.05, 0.1) is 18.0 Å². The molecule has 3 atom stereocenters. The Morgan fingerprint density at radius 3 is 2.83 bits per heavy atom. The number of nitrogens with one attached hydrogen (secondary N) is 2. The zero-order valence-electron chi connectivity index (χ0n) is 17.4. The van der Waals surface area contributed by atoms with Gasteiger partial charge in [0.1, 0.15) is 5.75 Å². The van der Waals surface area contributed by atoms with Crippen molar-refractivity contribution in [2.24, 2.45) is 5.92 Å². The Hall–Kier alpha value is -2.86. The fourth-order valence-electron chi connectivity index (χ4n) is 5.50. The largest absolute Gasteiger partial charge is 0.496 e. The summed E-state index contributed by atoms with van der Waals surface area (Å²) >= 11 is 0. The lowest BCUT2D eigenvalue weighted by Gasteiger charge is -2.32. The smallest absolute Gasteiger partial charge is 0.328 e. The first-order valence-electron chi connectivity index (χ1n) is 10.7. The van der Waals surface area contributed by atoms with Crippen LogP contribution in [0.4, 0.5) is 0 Å². The molecular weight excluding hydrogens is 378 g/mol. The van der Waals surface area contributed by atoms with E-state index < -0.39 is 0 Å². The second-order valence-electron chi connectivity index (χ2n) is 8.54. The molecule has 0 spiro atoms. The normalized spacial score (nSPS) is 22.7. The Morgan fingerprint density at radius 2 is 2.00 bits per heavy atom. The number of aryl methyl sites for hydroxylation is 1. The molecule has 0 saturated carbocycles. The third-order valence-corrected chi connectivity index (χ3v) is 6.99. The number of hydrogen-bond donors (Lipinski definition) is 2. The summed E-state index contributed by atoms with van der Waals surface area (Å²) in [5, 5.41) is 4.23. The van der Waals surface area contributed by atoms with E-state index in [0.29, 0.717) is 29.3 Å². The van der Waals surface area contributed by atoms with Crippen molar-refractivity contribution >= 4 is 10.9 Å². The van der Waals surface area contributed by atoms with Crippen LogP contribution in [0.3, 0.4) is 0 Å². The van der Waals surface area contributed by atoms with Gasteiger partial charge in [-0.3, -0.25) is 9.36 Å². The molecule has 2 N–H and O–H groups in total. The molecule has 6 nitrogen and oxygen atoms in total. The number of methoxy groups -OCH3 is 1. The highest BCUT2D eigenvalue weighted by molar-refractivity contribution is 5.80. The first-order chi connectivity index (χ1) is 14.6. The average Bonchev–Trinajstić information content (AvgIpc) is 3.17. The first kappa shape index (κ1) is 19.1. The van der Waals surface area contributed by atoms with Gasteiger partial charge in [0.15, 0.2) is 0 Å². The molecule has 3 aromatic rings. The number of aromatic amines is 1. The first-order valence-corrected chi connectivity index (χ1v) is 10.7. The minimum absolute atomic E-state index is 0.210. The molecule has 2 aliphatic rings. The van der Waals surface area contributed by atoms with Gasteiger partial charge >= 0.3 is 5.69 Å². The summed E-state index contributed by atoms with van der Waals surface area (Å²) in [7, 11) is 1.73. The number of fused-ring (bicyclic) bond motifs is 4. The Kier molecular flexibility index (Phi) is 4.74. The van der Waals surface area contributed by atoms with E-state index in [9.17, 15) is 9.59 Å². The summed E-state index contributed by atoms with van der Waals surface area (Å²) in [6.45, 7) is 3.28. The van der Waals surface area contributed by atoms with Crippen molar-refractivity contribution < 1.29 is 4.74 Å². The number of nitrogens with zero attached hydrogens (tertiary/aromatic N) is 1. The average molecular weight is 405 g/mol. The molecule has 1 saturated heterocycles. The molecule has 3 unspecified atom stereocenters. The third-order valence-electron chi connectivity index (χ3n) is 6.99. The number of rotatable bonds is 4. The summed E-state index contributed by atoms with van der Waals surface area (Å²) in [6.07, 6.45) is 2.91. The van der Waals surface area contributed by atoms with Crippen LogP contribution >= 0.6 is 0 Å². The van der Waals surface area contributed by atoms with Crippen LogP contribution in [-0.4, -0.2) is 29.2 Å². The number of aromatic nitrogens is 2. The number of hydrogen-bond acceptors (Lipinski definition) is 4. The maximum Gasteiger partial charge on any atom is 0.328 e. The summed E-state index contributed by atoms with van der Waals surface area (Å²) in [6, 6.07) is 12.1. The molecule has 6 heteroatoms. The molecule has 2 aromatic carbocycles. The van der Waals surface area contributed by atoms with Gasteiger partial charge in [0.25, 0.3) is 5.56 Å². The monoisotopic (exact) mass is 405 g/mol. The van der Waals surface area contributed by atoms with E-state index in [2.05, 4.69) is 22.4 Å². The van der Waals surface area contributed by atoms with Gasteiger partial charge in [-0.25, -0.2) is 4.79 Å². The number of H-pyrrole nitrogens is 1. The highest BCUT2D eigenvalue weighted by Crippen LogP contribution is 2.45. The molecule has 156 valence electrons. The van der Waals surface area contributed by atoms with Crippen LogP contribution in [0.15, 0.2) is 46.0 Å². The van der Waals surface area contributed by atoms with E-state index in [-0.39, 0.29) is 17.3 Å². The molecule has 0 amide bonds. The summed E-state index contributed by atoms with van der Waals surface area (Å²) in [5.41, 5.74) is 3.67. The lowest BCUT2D eigenvalue weighted by atomic mass is 9.73. The van der Waals surface area contributed by atoms with E-state index in [1.165, 1.54) is 15.7 Å². The Bertz CT molecular complexity index is 1230. The molecule has 1 aliphatic heterocycles. The molecule has 1 aliphatic carbocycles. The number of para-hydroxylation sites is 1. The highest BCUT2D eigenvalue weighted by Gasteiger charge is 2.40. The van der Waals surface area contributed by atoms with Gasteiger partial charge in [0.2, 0.25) is 0 Å². The van der Waals surface area contributed by atoms with Gasteiger partial charge in [-0.05, 0) is 67.5 Å². The second kappa shape index (κ2) is 7.43. The Labute approximate surface area is 174 Å². The molecule has 5 rings (SSSR count). The maximum absolute atomic E-state index is 13.0. The molecule has 0 radical (unpaired) electrons. The van der Waals surface area contributed by atoms with Crippen LogP contribution < -0.4 is 21.3 Å². The zero-order valence-corrected chi connectivity index (χ0v) is 17.4. The van der Waals surface area contributed by atoms with Crippen molar-refractivity contribution in [1.29, 1.82) is 0 Å². The fourth-order valence-corrected chi connectivity index (χ4v) is 5.50. The topological polar surface area (TPSA) is 76.1 Å². The number of ether oxygens (including phenoxy) is 1. The van der Waals surface area contributed by atoms with Crippen molar-refractivity contribution in [2.45, 2.75) is 44.7 Å². The van der Waals surface area contributed by atoms with Gasteiger partial charge in [-0.15, -0.1) is 0 Å². The van der Waals surface area contributed by atoms with E-state index in [1.54, 1.807) is 13.2 Å². The molecular formula is C24H27N3O3. The highest BCUT2D eigenvalue weighted by atomic mass is 16.5. The van der Waals surface area contributed by atoms with E-state index >= 15 is 0 Å². The Morgan fingerprint density at radius 1 is 1.17 bits per heavy atom. The van der Waals surface area contributed by atoms with E-state index in [4.69, 9.17) is 4.74 Å². The van der Waals surface area contributed by atoms with Crippen LogP contribution in [0, 0.1) is 12.8 Å². The minimum atomic E-state index is -0.331. The Balaban J connectivity index is 1.45. The van der Waals surface area contributed by atoms with Gasteiger partial charge in [-0.1, -0.05) is 24.3 Å². The van der Waals surface area contributed by atoms with Crippen LogP contribution in [-0.2, 0) is 13.0 Å². The lowest BCUT2D eigenvalue weighted by molar-refractivity contribution is 0.371. The molecule has 1 fully saturated rings. The molecule has 30 heavy (non-hydrogen) atoms. The molecule has 2 heterocycles. The maximum atomic E-state index is 13.0. The van der Waals surface area contributed by atoms with Crippen molar-refractivity contribution in [1.82, 2.24) is 14.9 Å². The minimum Gasteiger partial charge on any atom is -0.496 e.